The molecule has 45 heteroatoms. The van der Waals surface area contributed by atoms with Crippen LogP contribution in [0.5, 0.6) is 34.9 Å². The van der Waals surface area contributed by atoms with E-state index in [1.54, 1.807) is 42.5 Å². The van der Waals surface area contributed by atoms with E-state index in [1.807, 2.05) is 5.09 Å². The number of para-hydroxylation sites is 3. The SMILES string of the molecule is [2H]C([2H])([2H])Oc1nc(N)nc2c1ncn2[C@@H]1O[C@H](COP(=O)(N[C@@H](C)C(C)=O)Oc2ccccc2)[C@@H](O)[C@@]1(C)F.[2H]C([2H])([2H])[C@@]1(F)[C@H](O)[C@@H](COP(=O)(N[C@@H](C)C(C)=O)Oc2ccccc2)O[C@H]1n1cnc2c(OC)nc(N)nc21.[2H]C([2H])([2H])[C@]([2H])(NP(=O)(OC[C@H]1O[C@@H](n2cnc3c(OC)nc(N)nc32)[C@](C)(F)[C@@H]1O)Oc1ccccc1)C(C)=O. The summed E-state index contributed by atoms with van der Waals surface area (Å²) in [7, 11) is -13.7. The number of alkyl halides is 3. The van der Waals surface area contributed by atoms with Crippen LogP contribution in [-0.4, -0.2) is 204 Å². The average Bonchev–Trinajstić information content (AvgIpc) is 1.55. The number of ketones is 3. The first-order valence-corrected chi connectivity index (χ1v) is 37.6. The minimum absolute atomic E-state index is 0.0221. The van der Waals surface area contributed by atoms with Gasteiger partial charge in [0.15, 0.2) is 69.2 Å². The molecule has 3 fully saturated rings. The van der Waals surface area contributed by atoms with Crippen molar-refractivity contribution in [3.8, 4) is 34.9 Å². The van der Waals surface area contributed by atoms with Crippen LogP contribution in [-0.2, 0) is 55.9 Å². The number of Topliss-reactive ketones (excluding diaryl/α,β-unsaturated/α-hetero) is 3. The molecule has 9 heterocycles. The van der Waals surface area contributed by atoms with Crippen molar-refractivity contribution in [2.24, 2.45) is 0 Å². The number of nitrogens with one attached hydrogen (secondary N) is 3. The number of hydrogen-bond donors (Lipinski definition) is 9. The van der Waals surface area contributed by atoms with Crippen molar-refractivity contribution < 1.29 is 126 Å². The Labute approximate surface area is 645 Å². The maximum absolute atomic E-state index is 16.5. The molecule has 12 rings (SSSR count). The molecular weight excluding hydrogens is 1530 g/mol. The number of aliphatic hydroxyl groups excluding tert-OH is 3. The van der Waals surface area contributed by atoms with Gasteiger partial charge in [0.2, 0.25) is 35.5 Å². The number of halogens is 3. The summed E-state index contributed by atoms with van der Waals surface area (Å²) in [6.45, 7) is -0.581. The minimum atomic E-state index is -4.87. The highest BCUT2D eigenvalue weighted by atomic mass is 31.2. The Hall–Kier alpha value is -9.48. The van der Waals surface area contributed by atoms with Crippen molar-refractivity contribution in [3.63, 3.8) is 0 Å². The number of hydrogen-bond acceptors (Lipinski definition) is 33. The lowest BCUT2D eigenvalue weighted by Gasteiger charge is -2.25. The van der Waals surface area contributed by atoms with Crippen molar-refractivity contribution in [1.82, 2.24) is 73.8 Å². The molecule has 12 N–H and O–H groups in total. The number of nitrogens with two attached hydrogens (primary N) is 3. The molecule has 0 aliphatic carbocycles. The van der Waals surface area contributed by atoms with Gasteiger partial charge < -0.3 is 74.5 Å². The van der Waals surface area contributed by atoms with Gasteiger partial charge in [0.25, 0.3) is 0 Å². The number of aliphatic hydroxyl groups is 3. The minimum Gasteiger partial charge on any atom is -0.479 e. The second-order valence-corrected chi connectivity index (χ2v) is 30.2. The monoisotopic (exact) mass is 1620 g/mol. The number of carbonyl (C=O) groups excluding carboxylic acids is 3. The van der Waals surface area contributed by atoms with Crippen LogP contribution in [0.2, 0.25) is 0 Å². The Morgan fingerprint density at radius 2 is 0.829 bits per heavy atom. The molecule has 111 heavy (non-hydrogen) atoms. The number of methoxy groups -OCH3 is 3. The Morgan fingerprint density at radius 1 is 0.523 bits per heavy atom. The number of rotatable bonds is 30. The van der Waals surface area contributed by atoms with Crippen LogP contribution < -0.4 is 60.2 Å². The first-order chi connectivity index (χ1) is 56.3. The second kappa shape index (κ2) is 34.2. The van der Waals surface area contributed by atoms with Gasteiger partial charge in [-0.2, -0.15) is 29.9 Å². The van der Waals surface area contributed by atoms with Crippen molar-refractivity contribution >= 4 is 91.9 Å². The van der Waals surface area contributed by atoms with Gasteiger partial charge in [0, 0.05) is 8.22 Å². The maximum atomic E-state index is 16.5. The predicted molar refractivity (Wildman–Crippen MR) is 389 cm³/mol. The molecule has 6 aromatic heterocycles. The van der Waals surface area contributed by atoms with Gasteiger partial charge >= 0.3 is 23.2 Å². The molecular formula is C66H84F3N18O21P3. The molecule has 3 aromatic carbocycles. The summed E-state index contributed by atoms with van der Waals surface area (Å²) in [6.07, 6.45) is -12.3. The molecule has 3 unspecified atom stereocenters. The molecule has 18 atom stereocenters. The Morgan fingerprint density at radius 3 is 1.12 bits per heavy atom. The molecule has 0 spiro atoms. The fourth-order valence-electron chi connectivity index (χ4n) is 11.0. The summed E-state index contributed by atoms with van der Waals surface area (Å²) in [6, 6.07) is 18.3. The van der Waals surface area contributed by atoms with E-state index >= 15 is 13.2 Å². The van der Waals surface area contributed by atoms with Gasteiger partial charge in [-0.15, -0.1) is 0 Å². The van der Waals surface area contributed by atoms with E-state index < -0.39 is 166 Å². The van der Waals surface area contributed by atoms with Crippen LogP contribution in [0.3, 0.4) is 0 Å². The van der Waals surface area contributed by atoms with Gasteiger partial charge in [0.1, 0.15) is 71.2 Å². The number of nitrogens with zero attached hydrogens (tertiary/aromatic N) is 12. The molecule has 0 saturated carbocycles. The fraction of sp³-hybridized carbons (Fsp3) is 0.455. The van der Waals surface area contributed by atoms with E-state index in [9.17, 15) is 43.4 Å². The van der Waals surface area contributed by atoms with Crippen LogP contribution in [0.25, 0.3) is 33.5 Å². The first kappa shape index (κ1) is 70.6. The molecule has 3 saturated heterocycles. The van der Waals surface area contributed by atoms with Crippen LogP contribution in [0.4, 0.5) is 31.0 Å². The van der Waals surface area contributed by atoms with E-state index in [1.165, 1.54) is 96.8 Å². The number of carbonyl (C=O) groups is 3. The summed E-state index contributed by atoms with van der Waals surface area (Å²) in [5.41, 5.74) is 8.61. The number of ether oxygens (including phenoxy) is 6. The average molecular weight is 1630 g/mol. The number of anilines is 3. The lowest BCUT2D eigenvalue weighted by Crippen LogP contribution is -2.41. The molecule has 3 aliphatic rings. The largest absolute Gasteiger partial charge is 0.479 e. The summed E-state index contributed by atoms with van der Waals surface area (Å²) >= 11 is 0. The zero-order valence-electron chi connectivity index (χ0n) is 70.1. The third-order valence-electron chi connectivity index (χ3n) is 17.0. The van der Waals surface area contributed by atoms with Gasteiger partial charge in [0.05, 0.1) is 83.6 Å². The lowest BCUT2D eigenvalue weighted by molar-refractivity contribution is -0.119. The predicted octanol–water partition coefficient (Wildman–Crippen LogP) is 6.52. The van der Waals surface area contributed by atoms with Crippen LogP contribution in [0.1, 0.15) is 94.6 Å². The topological polar surface area (TPSA) is 519 Å². The molecule has 600 valence electrons. The van der Waals surface area contributed by atoms with Crippen molar-refractivity contribution in [3.05, 3.63) is 110 Å². The summed E-state index contributed by atoms with van der Waals surface area (Å²) in [5, 5.41) is 39.5. The smallest absolute Gasteiger partial charge is 0.459 e. The zero-order chi connectivity index (χ0) is 89.3. The summed E-state index contributed by atoms with van der Waals surface area (Å²) in [4.78, 5) is 71.6. The van der Waals surface area contributed by atoms with E-state index in [-0.39, 0.29) is 91.9 Å². The lowest BCUT2D eigenvalue weighted by atomic mass is 9.98. The Bertz CT molecular complexity index is 5360. The van der Waals surface area contributed by atoms with Crippen molar-refractivity contribution in [2.75, 3.05) is 58.3 Å². The molecule has 0 radical (unpaired) electrons. The van der Waals surface area contributed by atoms with E-state index in [4.69, 9.17) is 86.5 Å². The second-order valence-electron chi connectivity index (χ2n) is 25.2. The van der Waals surface area contributed by atoms with Crippen molar-refractivity contribution in [1.29, 1.82) is 0 Å². The highest BCUT2D eigenvalue weighted by Crippen LogP contribution is 2.52. The van der Waals surface area contributed by atoms with E-state index in [2.05, 4.69) is 55.0 Å². The molecule has 3 aliphatic heterocycles. The van der Waals surface area contributed by atoms with E-state index in [0.29, 0.717) is 0 Å². The van der Waals surface area contributed by atoms with Crippen LogP contribution >= 0.6 is 23.2 Å². The first-order valence-electron chi connectivity index (χ1n) is 38.0. The standard InChI is InChI=1S/3C22H28FN6O7P/c3*1-12(13(2)30)28-37(32,36-14-8-6-5-7-9-14)34-10-15-17(31)22(3,23)20(35-15)29-11-25-16-18(29)26-21(24)27-19(16)33-4/h3*5-9,11-12,15,17,20,31H,10H2,1-4H3,(H,28,32)(H2,24,26,27)/t3*12-,15+,17+,20+,22+,37?/m000/s1/i1D3,12D;4D3;3D3. The summed E-state index contributed by atoms with van der Waals surface area (Å²) < 4.78 is 234. The quantitative estimate of drug-likeness (QED) is 0.0216. The van der Waals surface area contributed by atoms with Gasteiger partial charge in [-0.05, 0) is 98.6 Å². The molecule has 0 bridgehead atoms. The molecule has 0 amide bonds. The van der Waals surface area contributed by atoms with E-state index in [0.717, 1.165) is 47.1 Å². The third kappa shape index (κ3) is 18.8. The highest BCUT2D eigenvalue weighted by molar-refractivity contribution is 7.52. The maximum Gasteiger partial charge on any atom is 0.459 e. The molecule has 9 aromatic rings. The Kier molecular flexibility index (Phi) is 21.8. The summed E-state index contributed by atoms with van der Waals surface area (Å²) in [5.74, 6) is -3.02. The number of nitrogen functional groups attached to an aromatic ring is 3. The number of aromatic nitrogens is 12. The Balaban J connectivity index is 0.000000190. The fourth-order valence-corrected chi connectivity index (χ4v) is 15.4. The number of imidazole rings is 3. The van der Waals surface area contributed by atoms with Crippen LogP contribution in [0, 0.1) is 0 Å². The van der Waals surface area contributed by atoms with Gasteiger partial charge in [-0.25, -0.2) is 57.1 Å². The van der Waals surface area contributed by atoms with Gasteiger partial charge in [-0.3, -0.25) is 41.7 Å². The van der Waals surface area contributed by atoms with Crippen molar-refractivity contribution in [2.45, 2.75) is 153 Å². The van der Waals surface area contributed by atoms with Gasteiger partial charge in [-0.1, -0.05) is 54.6 Å². The highest BCUT2D eigenvalue weighted by Gasteiger charge is 2.59. The zero-order valence-corrected chi connectivity index (χ0v) is 62.8. The number of benzene rings is 3. The normalized spacial score (nSPS) is 28.0. The molecule has 39 nitrogen and oxygen atoms in total. The number of fused-ring (bicyclic) bond motifs is 3. The van der Waals surface area contributed by atoms with Crippen LogP contribution in [0.15, 0.2) is 110 Å². The third-order valence-corrected chi connectivity index (χ3v) is 21.7.